The zero-order valence-corrected chi connectivity index (χ0v) is 14.3. The summed E-state index contributed by atoms with van der Waals surface area (Å²) in [6.45, 7) is 8.76. The molecule has 0 spiro atoms. The lowest BCUT2D eigenvalue weighted by atomic mass is 9.80. The smallest absolute Gasteiger partial charge is 0.0552 e. The molecule has 4 heteroatoms. The standard InChI is InChI=1S/C18H30N2O2/c1-6-7-8-11-18(13-19-21,14-20-22)12-9-10-17(15(2)3)16(4)5/h1,10,13-16,21-22H,7-9,11-12H2,2-5H3/b19-13+,20-14+. The molecule has 0 aliphatic rings. The molecule has 0 radical (unpaired) electrons. The second-order valence-corrected chi connectivity index (χ2v) is 6.33. The molecule has 0 unspecified atom stereocenters. The normalized spacial score (nSPS) is 12.4. The van der Waals surface area contributed by atoms with Crippen LogP contribution >= 0.6 is 0 Å². The van der Waals surface area contributed by atoms with Crippen molar-refractivity contribution in [3.8, 4) is 12.3 Å². The Balaban J connectivity index is 5.04. The minimum absolute atomic E-state index is 0.508. The maximum absolute atomic E-state index is 8.94. The van der Waals surface area contributed by atoms with Crippen LogP contribution in [0, 0.1) is 29.6 Å². The molecule has 0 saturated heterocycles. The van der Waals surface area contributed by atoms with E-state index in [1.54, 1.807) is 0 Å². The molecule has 0 aromatic carbocycles. The van der Waals surface area contributed by atoms with Crippen molar-refractivity contribution < 1.29 is 10.4 Å². The van der Waals surface area contributed by atoms with Gasteiger partial charge in [-0.15, -0.1) is 22.7 Å². The molecule has 0 rings (SSSR count). The first kappa shape index (κ1) is 20.2. The van der Waals surface area contributed by atoms with Gasteiger partial charge in [-0.2, -0.15) is 0 Å². The van der Waals surface area contributed by atoms with Gasteiger partial charge in [0.2, 0.25) is 0 Å². The number of hydrogen-bond donors (Lipinski definition) is 2. The molecule has 4 nitrogen and oxygen atoms in total. The van der Waals surface area contributed by atoms with Gasteiger partial charge in [0, 0.05) is 11.8 Å². The Bertz CT molecular complexity index is 407. The quantitative estimate of drug-likeness (QED) is 0.153. The van der Waals surface area contributed by atoms with Crippen molar-refractivity contribution in [2.45, 2.75) is 59.8 Å². The minimum Gasteiger partial charge on any atom is -0.411 e. The molecule has 0 saturated carbocycles. The van der Waals surface area contributed by atoms with Crippen molar-refractivity contribution in [1.82, 2.24) is 0 Å². The second kappa shape index (κ2) is 10.9. The van der Waals surface area contributed by atoms with Crippen molar-refractivity contribution in [1.29, 1.82) is 0 Å². The van der Waals surface area contributed by atoms with E-state index in [0.29, 0.717) is 31.1 Å². The van der Waals surface area contributed by atoms with Gasteiger partial charge in [0.05, 0.1) is 12.4 Å². The van der Waals surface area contributed by atoms with Crippen LogP contribution in [0.2, 0.25) is 0 Å². The van der Waals surface area contributed by atoms with E-state index in [2.05, 4.69) is 50.0 Å². The van der Waals surface area contributed by atoms with Crippen LogP contribution < -0.4 is 0 Å². The Morgan fingerprint density at radius 3 is 2.05 bits per heavy atom. The summed E-state index contributed by atoms with van der Waals surface area (Å²) in [6, 6.07) is 0. The van der Waals surface area contributed by atoms with Crippen LogP contribution in [0.1, 0.15) is 59.8 Å². The van der Waals surface area contributed by atoms with Gasteiger partial charge in [0.25, 0.3) is 0 Å². The molecule has 2 N–H and O–H groups in total. The van der Waals surface area contributed by atoms with Gasteiger partial charge in [-0.1, -0.05) is 39.3 Å². The lowest BCUT2D eigenvalue weighted by molar-refractivity contribution is 0.304. The summed E-state index contributed by atoms with van der Waals surface area (Å²) in [6.07, 6.45) is 14.1. The van der Waals surface area contributed by atoms with Gasteiger partial charge in [-0.25, -0.2) is 0 Å². The minimum atomic E-state index is -0.560. The number of unbranched alkanes of at least 4 members (excludes halogenated alkanes) is 1. The number of rotatable bonds is 10. The van der Waals surface area contributed by atoms with Gasteiger partial charge >= 0.3 is 0 Å². The first-order valence-electron chi connectivity index (χ1n) is 7.93. The highest BCUT2D eigenvalue weighted by molar-refractivity contribution is 5.88. The van der Waals surface area contributed by atoms with Gasteiger partial charge in [-0.05, 0) is 37.5 Å². The number of terminal acetylenes is 1. The largest absolute Gasteiger partial charge is 0.411 e. The molecule has 0 heterocycles. The monoisotopic (exact) mass is 306 g/mol. The number of hydrogen-bond acceptors (Lipinski definition) is 4. The van der Waals surface area contributed by atoms with E-state index in [1.807, 2.05) is 0 Å². The van der Waals surface area contributed by atoms with Crippen LogP contribution in [-0.2, 0) is 0 Å². The van der Waals surface area contributed by atoms with Crippen molar-refractivity contribution in [2.24, 2.45) is 27.6 Å². The van der Waals surface area contributed by atoms with Gasteiger partial charge < -0.3 is 10.4 Å². The maximum atomic E-state index is 8.94. The lowest BCUT2D eigenvalue weighted by Gasteiger charge is -2.24. The Labute approximate surface area is 135 Å². The third kappa shape index (κ3) is 7.31. The molecule has 0 aliphatic carbocycles. The van der Waals surface area contributed by atoms with E-state index in [1.165, 1.54) is 18.0 Å². The molecule has 0 aromatic rings. The summed E-state index contributed by atoms with van der Waals surface area (Å²) >= 11 is 0. The highest BCUT2D eigenvalue weighted by atomic mass is 16.4. The molecule has 124 valence electrons. The van der Waals surface area contributed by atoms with Crippen molar-refractivity contribution in [2.75, 3.05) is 0 Å². The number of allylic oxidation sites excluding steroid dienone is 2. The van der Waals surface area contributed by atoms with Crippen LogP contribution in [-0.4, -0.2) is 22.8 Å². The number of oxime groups is 2. The van der Waals surface area contributed by atoms with Crippen LogP contribution in [0.3, 0.4) is 0 Å². The topological polar surface area (TPSA) is 65.2 Å². The van der Waals surface area contributed by atoms with E-state index in [-0.39, 0.29) is 0 Å². The molecule has 0 aliphatic heterocycles. The zero-order valence-electron chi connectivity index (χ0n) is 14.3. The third-order valence-electron chi connectivity index (χ3n) is 3.92. The Morgan fingerprint density at radius 1 is 1.09 bits per heavy atom. The third-order valence-corrected chi connectivity index (χ3v) is 3.92. The van der Waals surface area contributed by atoms with Crippen LogP contribution in [0.4, 0.5) is 0 Å². The first-order chi connectivity index (χ1) is 10.4. The van der Waals surface area contributed by atoms with E-state index in [4.69, 9.17) is 16.8 Å². The highest BCUT2D eigenvalue weighted by Crippen LogP contribution is 2.29. The predicted molar refractivity (Wildman–Crippen MR) is 92.7 cm³/mol. The molecular formula is C18H30N2O2. The molecule has 0 aromatic heterocycles. The summed E-state index contributed by atoms with van der Waals surface area (Å²) in [4.78, 5) is 0. The van der Waals surface area contributed by atoms with Crippen LogP contribution in [0.15, 0.2) is 22.0 Å². The van der Waals surface area contributed by atoms with E-state index in [0.717, 1.165) is 12.8 Å². The van der Waals surface area contributed by atoms with E-state index < -0.39 is 5.41 Å². The molecular weight excluding hydrogens is 276 g/mol. The number of nitrogens with zero attached hydrogens (tertiary/aromatic N) is 2. The fraction of sp³-hybridized carbons (Fsp3) is 0.667. The SMILES string of the molecule is C#CCCCC(/C=N/O)(/C=N/O)CCC=C(C(C)C)C(C)C. The van der Waals surface area contributed by atoms with Crippen molar-refractivity contribution in [3.63, 3.8) is 0 Å². The Kier molecular flexibility index (Phi) is 10.0. The zero-order chi connectivity index (χ0) is 17.0. The van der Waals surface area contributed by atoms with Crippen LogP contribution in [0.5, 0.6) is 0 Å². The molecule has 0 amide bonds. The summed E-state index contributed by atoms with van der Waals surface area (Å²) < 4.78 is 0. The van der Waals surface area contributed by atoms with Gasteiger partial charge in [0.15, 0.2) is 0 Å². The summed E-state index contributed by atoms with van der Waals surface area (Å²) in [5.41, 5.74) is 0.857. The van der Waals surface area contributed by atoms with Crippen molar-refractivity contribution in [3.05, 3.63) is 11.6 Å². The fourth-order valence-electron chi connectivity index (χ4n) is 2.81. The Hall–Kier alpha value is -1.76. The van der Waals surface area contributed by atoms with Gasteiger partial charge in [0.1, 0.15) is 0 Å². The summed E-state index contributed by atoms with van der Waals surface area (Å²) in [7, 11) is 0. The fourth-order valence-corrected chi connectivity index (χ4v) is 2.81. The highest BCUT2D eigenvalue weighted by Gasteiger charge is 2.26. The summed E-state index contributed by atoms with van der Waals surface area (Å²) in [5, 5.41) is 24.2. The Morgan fingerprint density at radius 2 is 1.64 bits per heavy atom. The molecule has 22 heavy (non-hydrogen) atoms. The lowest BCUT2D eigenvalue weighted by Crippen LogP contribution is -2.25. The van der Waals surface area contributed by atoms with E-state index >= 15 is 0 Å². The van der Waals surface area contributed by atoms with Crippen LogP contribution in [0.25, 0.3) is 0 Å². The first-order valence-corrected chi connectivity index (χ1v) is 7.93. The van der Waals surface area contributed by atoms with Gasteiger partial charge in [-0.3, -0.25) is 0 Å². The molecule has 0 fully saturated rings. The average Bonchev–Trinajstić information content (AvgIpc) is 2.43. The van der Waals surface area contributed by atoms with Crippen molar-refractivity contribution >= 4 is 12.4 Å². The predicted octanol–water partition coefficient (Wildman–Crippen LogP) is 4.71. The molecule has 0 atom stereocenters. The maximum Gasteiger partial charge on any atom is 0.0552 e. The molecule has 0 bridgehead atoms. The second-order valence-electron chi connectivity index (χ2n) is 6.33. The average molecular weight is 306 g/mol. The summed E-state index contributed by atoms with van der Waals surface area (Å²) in [5.74, 6) is 3.62. The van der Waals surface area contributed by atoms with E-state index in [9.17, 15) is 0 Å².